The number of carbonyl (C=O) groups is 3. The van der Waals surface area contributed by atoms with Crippen molar-refractivity contribution in [1.82, 2.24) is 10.2 Å². The van der Waals surface area contributed by atoms with Crippen molar-refractivity contribution in [3.05, 3.63) is 24.3 Å². The molecule has 0 saturated carbocycles. The molecule has 18 heavy (non-hydrogen) atoms. The molecule has 0 aliphatic rings. The summed E-state index contributed by atoms with van der Waals surface area (Å²) in [6.45, 7) is 10.8. The van der Waals surface area contributed by atoms with Gasteiger partial charge in [-0.1, -0.05) is 20.1 Å². The third kappa shape index (κ3) is 5.05. The molecule has 5 heteroatoms. The summed E-state index contributed by atoms with van der Waals surface area (Å²) in [6.07, 6.45) is 1.18. The lowest BCUT2D eigenvalue weighted by molar-refractivity contribution is -0.132. The summed E-state index contributed by atoms with van der Waals surface area (Å²) >= 11 is 0. The van der Waals surface area contributed by atoms with Gasteiger partial charge in [-0.25, -0.2) is 0 Å². The predicted octanol–water partition coefficient (Wildman–Crippen LogP) is 0.671. The van der Waals surface area contributed by atoms with E-state index in [1.165, 1.54) is 6.92 Å². The van der Waals surface area contributed by atoms with Crippen molar-refractivity contribution in [2.75, 3.05) is 13.6 Å². The van der Waals surface area contributed by atoms with E-state index < -0.39 is 6.04 Å². The third-order valence-electron chi connectivity index (χ3n) is 2.56. The van der Waals surface area contributed by atoms with E-state index in [1.807, 2.05) is 6.92 Å². The fraction of sp³-hybridized carbons (Fsp3) is 0.462. The van der Waals surface area contributed by atoms with Gasteiger partial charge < -0.3 is 0 Å². The Balaban J connectivity index is 4.61. The first-order valence-electron chi connectivity index (χ1n) is 5.67. The van der Waals surface area contributed by atoms with Crippen LogP contribution in [0.5, 0.6) is 0 Å². The summed E-state index contributed by atoms with van der Waals surface area (Å²) < 4.78 is 0. The van der Waals surface area contributed by atoms with Crippen molar-refractivity contribution in [1.29, 1.82) is 0 Å². The second kappa shape index (κ2) is 7.55. The van der Waals surface area contributed by atoms with Gasteiger partial charge in [0, 0.05) is 19.0 Å². The summed E-state index contributed by atoms with van der Waals surface area (Å²) in [5, 5.41) is 2.25. The molecule has 1 atom stereocenters. The van der Waals surface area contributed by atoms with Crippen molar-refractivity contribution < 1.29 is 14.4 Å². The van der Waals surface area contributed by atoms with Crippen molar-refractivity contribution in [3.8, 4) is 0 Å². The van der Waals surface area contributed by atoms with Gasteiger partial charge in [0.1, 0.15) is 6.29 Å². The summed E-state index contributed by atoms with van der Waals surface area (Å²) in [5.41, 5.74) is 0.866. The molecule has 0 fully saturated rings. The van der Waals surface area contributed by atoms with Crippen LogP contribution in [-0.4, -0.2) is 42.6 Å². The maximum absolute atomic E-state index is 11.8. The second-order valence-electron chi connectivity index (χ2n) is 4.13. The van der Waals surface area contributed by atoms with Gasteiger partial charge in [0.15, 0.2) is 0 Å². The van der Waals surface area contributed by atoms with Crippen LogP contribution in [0.25, 0.3) is 0 Å². The van der Waals surface area contributed by atoms with Gasteiger partial charge in [0.25, 0.3) is 0 Å². The number of carbonyl (C=O) groups excluding carboxylic acids is 3. The van der Waals surface area contributed by atoms with Crippen LogP contribution in [-0.2, 0) is 14.4 Å². The highest BCUT2D eigenvalue weighted by Crippen LogP contribution is 2.09. The van der Waals surface area contributed by atoms with Gasteiger partial charge in [-0.05, 0) is 19.0 Å². The molecule has 100 valence electrons. The molecular weight excluding hydrogens is 232 g/mol. The van der Waals surface area contributed by atoms with E-state index in [0.717, 1.165) is 0 Å². The van der Waals surface area contributed by atoms with Crippen LogP contribution < -0.4 is 5.32 Å². The number of hydrogen-bond acceptors (Lipinski definition) is 4. The quantitative estimate of drug-likeness (QED) is 0.411. The van der Waals surface area contributed by atoms with Gasteiger partial charge in [-0.3, -0.25) is 24.6 Å². The molecule has 0 rings (SSSR count). The van der Waals surface area contributed by atoms with Crippen LogP contribution in [0.3, 0.4) is 0 Å². The first-order valence-corrected chi connectivity index (χ1v) is 5.67. The van der Waals surface area contributed by atoms with Gasteiger partial charge in [-0.15, -0.1) is 0 Å². The third-order valence-corrected chi connectivity index (χ3v) is 2.56. The van der Waals surface area contributed by atoms with Crippen molar-refractivity contribution in [2.45, 2.75) is 26.3 Å². The Kier molecular flexibility index (Phi) is 6.82. The number of amides is 2. The molecule has 0 aromatic rings. The Morgan fingerprint density at radius 1 is 1.39 bits per heavy atom. The Labute approximate surface area is 108 Å². The number of nitrogens with one attached hydrogen (secondary N) is 1. The molecule has 0 saturated heterocycles. The molecular formula is C13H20N2O3. The molecule has 0 aliphatic heterocycles. The molecule has 5 nitrogen and oxygen atoms in total. The smallest absolute Gasteiger partial charge is 0.243 e. The van der Waals surface area contributed by atoms with Crippen LogP contribution >= 0.6 is 0 Å². The zero-order chi connectivity index (χ0) is 14.3. The van der Waals surface area contributed by atoms with E-state index in [1.54, 1.807) is 11.9 Å². The zero-order valence-corrected chi connectivity index (χ0v) is 11.2. The molecule has 0 aliphatic carbocycles. The Hall–Kier alpha value is -1.75. The molecule has 1 unspecified atom stereocenters. The SMILES string of the molecule is C=C(C=O)C(=C)CN(C)C(CC)C(=O)NC(C)=O. The summed E-state index contributed by atoms with van der Waals surface area (Å²) in [4.78, 5) is 34.9. The summed E-state index contributed by atoms with van der Waals surface area (Å²) in [5.74, 6) is -0.736. The van der Waals surface area contributed by atoms with Gasteiger partial charge in [-0.2, -0.15) is 0 Å². The summed E-state index contributed by atoms with van der Waals surface area (Å²) in [6, 6.07) is -0.440. The number of aldehydes is 1. The zero-order valence-electron chi connectivity index (χ0n) is 11.2. The van der Waals surface area contributed by atoms with E-state index >= 15 is 0 Å². The highest BCUT2D eigenvalue weighted by Gasteiger charge is 2.22. The van der Waals surface area contributed by atoms with Crippen LogP contribution in [0, 0.1) is 0 Å². The first kappa shape index (κ1) is 16.2. The summed E-state index contributed by atoms with van der Waals surface area (Å²) in [7, 11) is 1.73. The minimum atomic E-state index is -0.440. The van der Waals surface area contributed by atoms with E-state index in [9.17, 15) is 14.4 Å². The highest BCUT2D eigenvalue weighted by atomic mass is 16.2. The molecule has 0 aromatic carbocycles. The minimum absolute atomic E-state index is 0.309. The highest BCUT2D eigenvalue weighted by molar-refractivity contribution is 5.96. The number of nitrogens with zero attached hydrogens (tertiary/aromatic N) is 1. The first-order chi connectivity index (χ1) is 8.33. The predicted molar refractivity (Wildman–Crippen MR) is 69.9 cm³/mol. The molecule has 0 radical (unpaired) electrons. The second-order valence-corrected chi connectivity index (χ2v) is 4.13. The standard InChI is InChI=1S/C13H20N2O3/c1-6-12(13(18)14-11(4)17)15(5)7-9(2)10(3)8-16/h8,12H,2-3,6-7H2,1,4-5H3,(H,14,17,18). The number of likely N-dealkylation sites (N-methyl/N-ethyl adjacent to an activating group) is 1. The van der Waals surface area contributed by atoms with Crippen molar-refractivity contribution >= 4 is 18.1 Å². The lowest BCUT2D eigenvalue weighted by atomic mass is 10.1. The maximum Gasteiger partial charge on any atom is 0.243 e. The Bertz CT molecular complexity index is 374. The van der Waals surface area contributed by atoms with E-state index in [0.29, 0.717) is 30.4 Å². The monoisotopic (exact) mass is 252 g/mol. The maximum atomic E-state index is 11.8. The normalized spacial score (nSPS) is 11.8. The van der Waals surface area contributed by atoms with Crippen LogP contribution in [0.1, 0.15) is 20.3 Å². The lowest BCUT2D eigenvalue weighted by Gasteiger charge is -2.26. The Morgan fingerprint density at radius 3 is 2.33 bits per heavy atom. The van der Waals surface area contributed by atoms with Gasteiger partial charge >= 0.3 is 0 Å². The molecule has 0 spiro atoms. The van der Waals surface area contributed by atoms with Crippen LogP contribution in [0.4, 0.5) is 0 Å². The van der Waals surface area contributed by atoms with Crippen molar-refractivity contribution in [3.63, 3.8) is 0 Å². The number of hydrogen-bond donors (Lipinski definition) is 1. The van der Waals surface area contributed by atoms with E-state index in [4.69, 9.17) is 0 Å². The van der Waals surface area contributed by atoms with E-state index in [2.05, 4.69) is 18.5 Å². The average molecular weight is 252 g/mol. The van der Waals surface area contributed by atoms with Gasteiger partial charge in [0.05, 0.1) is 6.04 Å². The molecule has 1 N–H and O–H groups in total. The number of rotatable bonds is 7. The molecule has 0 heterocycles. The molecule has 0 bridgehead atoms. The van der Waals surface area contributed by atoms with E-state index in [-0.39, 0.29) is 11.8 Å². The average Bonchev–Trinajstić information content (AvgIpc) is 2.27. The molecule has 2 amide bonds. The molecule has 0 aromatic heterocycles. The van der Waals surface area contributed by atoms with Crippen LogP contribution in [0.15, 0.2) is 24.3 Å². The number of imide groups is 1. The largest absolute Gasteiger partial charge is 0.298 e. The van der Waals surface area contributed by atoms with Crippen molar-refractivity contribution in [2.24, 2.45) is 0 Å². The Morgan fingerprint density at radius 2 is 1.94 bits per heavy atom. The topological polar surface area (TPSA) is 66.5 Å². The van der Waals surface area contributed by atoms with Gasteiger partial charge in [0.2, 0.25) is 11.8 Å². The lowest BCUT2D eigenvalue weighted by Crippen LogP contribution is -2.46. The minimum Gasteiger partial charge on any atom is -0.298 e. The van der Waals surface area contributed by atoms with Crippen LogP contribution in [0.2, 0.25) is 0 Å². The fourth-order valence-electron chi connectivity index (χ4n) is 1.55. The fourth-order valence-corrected chi connectivity index (χ4v) is 1.55.